The number of nitrogens with zero attached hydrogens (tertiary/aromatic N) is 1. The lowest BCUT2D eigenvalue weighted by Gasteiger charge is -2.24. The van der Waals surface area contributed by atoms with Crippen LogP contribution < -0.4 is 0 Å². The molecule has 3 saturated heterocycles. The van der Waals surface area contributed by atoms with Gasteiger partial charge in [-0.3, -0.25) is 13.3 Å². The molecule has 3 fully saturated rings. The molecule has 0 radical (unpaired) electrons. The number of hydrogen-bond acceptors (Lipinski definition) is 4. The highest BCUT2D eigenvalue weighted by molar-refractivity contribution is 8.07. The minimum atomic E-state index is -0.964. The molecule has 0 aromatic heterocycles. The number of rotatable bonds is 0. The molecular formula is C8H13NO3S2. The predicted molar refractivity (Wildman–Crippen MR) is 54.4 cm³/mol. The lowest BCUT2D eigenvalue weighted by atomic mass is 10.2. The normalized spacial score (nSPS) is 53.0. The van der Waals surface area contributed by atoms with E-state index in [1.807, 2.05) is 5.06 Å². The average molecular weight is 235 g/mol. The van der Waals surface area contributed by atoms with Crippen LogP contribution in [0.25, 0.3) is 0 Å². The Labute approximate surface area is 87.9 Å². The number of hydrogen-bond donors (Lipinski definition) is 0. The SMILES string of the molecule is O=S1CCS(=O)C12CON1CCC[C@H]12. The standard InChI is InChI=1S/C8H13NO3S2/c10-13-4-5-14(11)8(13)6-12-9-3-1-2-7(8)9/h7H,1-6H2/t7-,8?,13?,14?/m0/s1. The van der Waals surface area contributed by atoms with Gasteiger partial charge in [-0.2, -0.15) is 5.06 Å². The van der Waals surface area contributed by atoms with Crippen LogP contribution in [0.1, 0.15) is 12.8 Å². The van der Waals surface area contributed by atoms with E-state index in [0.29, 0.717) is 18.1 Å². The zero-order valence-electron chi connectivity index (χ0n) is 7.81. The molecule has 0 aliphatic carbocycles. The van der Waals surface area contributed by atoms with Crippen molar-refractivity contribution in [3.63, 3.8) is 0 Å². The zero-order chi connectivity index (χ0) is 9.76. The third-order valence-electron chi connectivity index (χ3n) is 3.37. The summed E-state index contributed by atoms with van der Waals surface area (Å²) in [5.74, 6) is 1.17. The number of hydroxylamine groups is 2. The predicted octanol–water partition coefficient (Wildman–Crippen LogP) is -0.397. The maximum Gasteiger partial charge on any atom is 0.163 e. The van der Waals surface area contributed by atoms with Gasteiger partial charge < -0.3 is 0 Å². The minimum Gasteiger partial charge on any atom is -0.296 e. The van der Waals surface area contributed by atoms with Gasteiger partial charge in [0.1, 0.15) is 0 Å². The first kappa shape index (κ1) is 9.45. The highest BCUT2D eigenvalue weighted by atomic mass is 32.3. The summed E-state index contributed by atoms with van der Waals surface area (Å²) in [6.45, 7) is 1.30. The summed E-state index contributed by atoms with van der Waals surface area (Å²) in [4.78, 5) is 5.50. The van der Waals surface area contributed by atoms with Crippen molar-refractivity contribution >= 4 is 21.6 Å². The zero-order valence-corrected chi connectivity index (χ0v) is 9.44. The summed E-state index contributed by atoms with van der Waals surface area (Å²) in [6, 6.07) is 0.145. The van der Waals surface area contributed by atoms with Gasteiger partial charge in [-0.15, -0.1) is 0 Å². The Kier molecular flexibility index (Phi) is 2.09. The summed E-state index contributed by atoms with van der Waals surface area (Å²) in [5, 5.41) is 1.90. The molecule has 3 heterocycles. The van der Waals surface area contributed by atoms with Crippen LogP contribution >= 0.6 is 0 Å². The van der Waals surface area contributed by atoms with Gasteiger partial charge in [0.25, 0.3) is 0 Å². The second-order valence-corrected chi connectivity index (χ2v) is 7.90. The van der Waals surface area contributed by atoms with E-state index >= 15 is 0 Å². The van der Waals surface area contributed by atoms with Crippen molar-refractivity contribution in [1.29, 1.82) is 0 Å². The topological polar surface area (TPSA) is 46.6 Å². The van der Waals surface area contributed by atoms with Gasteiger partial charge in [0.05, 0.1) is 12.6 Å². The molecule has 4 nitrogen and oxygen atoms in total. The molecule has 0 amide bonds. The van der Waals surface area contributed by atoms with E-state index in [2.05, 4.69) is 0 Å². The van der Waals surface area contributed by atoms with E-state index < -0.39 is 25.7 Å². The van der Waals surface area contributed by atoms with Crippen LogP contribution in [0, 0.1) is 0 Å². The van der Waals surface area contributed by atoms with Gasteiger partial charge in [0.15, 0.2) is 4.08 Å². The molecule has 0 aromatic carbocycles. The Bertz CT molecular complexity index is 304. The van der Waals surface area contributed by atoms with Gasteiger partial charge in [0.2, 0.25) is 0 Å². The van der Waals surface area contributed by atoms with Gasteiger partial charge in [-0.25, -0.2) is 0 Å². The highest BCUT2D eigenvalue weighted by Crippen LogP contribution is 2.43. The summed E-state index contributed by atoms with van der Waals surface area (Å²) >= 11 is 0. The Hall–Kier alpha value is 0.220. The molecule has 0 bridgehead atoms. The fourth-order valence-electron chi connectivity index (χ4n) is 2.64. The van der Waals surface area contributed by atoms with Gasteiger partial charge in [-0.05, 0) is 12.8 Å². The Morgan fingerprint density at radius 2 is 2.00 bits per heavy atom. The molecule has 0 aromatic rings. The lowest BCUT2D eigenvalue weighted by Crippen LogP contribution is -2.47. The van der Waals surface area contributed by atoms with Crippen LogP contribution in [0.5, 0.6) is 0 Å². The third-order valence-corrected chi connectivity index (χ3v) is 8.21. The van der Waals surface area contributed by atoms with Crippen molar-refractivity contribution in [3.05, 3.63) is 0 Å². The van der Waals surface area contributed by atoms with E-state index in [1.165, 1.54) is 0 Å². The summed E-state index contributed by atoms with van der Waals surface area (Å²) < 4.78 is 23.4. The molecule has 2 unspecified atom stereocenters. The maximum atomic E-state index is 12.0. The van der Waals surface area contributed by atoms with Gasteiger partial charge in [-0.1, -0.05) is 0 Å². The van der Waals surface area contributed by atoms with Crippen LogP contribution in [0.4, 0.5) is 0 Å². The molecule has 3 aliphatic rings. The van der Waals surface area contributed by atoms with Gasteiger partial charge >= 0.3 is 0 Å². The highest BCUT2D eigenvalue weighted by Gasteiger charge is 2.61. The second kappa shape index (κ2) is 3.10. The fourth-order valence-corrected chi connectivity index (χ4v) is 7.32. The third kappa shape index (κ3) is 1.00. The van der Waals surface area contributed by atoms with Crippen LogP contribution in [0.2, 0.25) is 0 Å². The quantitative estimate of drug-likeness (QED) is 0.573. The Morgan fingerprint density at radius 3 is 2.71 bits per heavy atom. The first-order valence-electron chi connectivity index (χ1n) is 4.92. The van der Waals surface area contributed by atoms with Crippen LogP contribution in [0.15, 0.2) is 0 Å². The van der Waals surface area contributed by atoms with E-state index in [1.54, 1.807) is 0 Å². The molecule has 14 heavy (non-hydrogen) atoms. The summed E-state index contributed by atoms with van der Waals surface area (Å²) in [6.07, 6.45) is 2.05. The van der Waals surface area contributed by atoms with Crippen LogP contribution in [-0.2, 0) is 26.4 Å². The van der Waals surface area contributed by atoms with Crippen molar-refractivity contribution in [2.75, 3.05) is 24.7 Å². The molecule has 3 aliphatic heterocycles. The van der Waals surface area contributed by atoms with E-state index in [9.17, 15) is 8.42 Å². The Balaban J connectivity index is 2.02. The van der Waals surface area contributed by atoms with Crippen molar-refractivity contribution in [2.45, 2.75) is 23.0 Å². The summed E-state index contributed by atoms with van der Waals surface area (Å²) in [5.41, 5.74) is 0. The molecule has 3 atom stereocenters. The second-order valence-electron chi connectivity index (χ2n) is 3.98. The maximum absolute atomic E-state index is 12.0. The average Bonchev–Trinajstić information content (AvgIpc) is 2.78. The molecular weight excluding hydrogens is 222 g/mol. The molecule has 80 valence electrons. The lowest BCUT2D eigenvalue weighted by molar-refractivity contribution is -0.113. The summed E-state index contributed by atoms with van der Waals surface area (Å²) in [7, 11) is -1.93. The van der Waals surface area contributed by atoms with Crippen molar-refractivity contribution < 1.29 is 13.3 Å². The Morgan fingerprint density at radius 1 is 1.29 bits per heavy atom. The van der Waals surface area contributed by atoms with Crippen LogP contribution in [0.3, 0.4) is 0 Å². The molecule has 1 spiro atoms. The molecule has 0 N–H and O–H groups in total. The van der Waals surface area contributed by atoms with Gasteiger partial charge in [0, 0.05) is 39.6 Å². The first-order valence-corrected chi connectivity index (χ1v) is 7.55. The van der Waals surface area contributed by atoms with Crippen molar-refractivity contribution in [3.8, 4) is 0 Å². The fraction of sp³-hybridized carbons (Fsp3) is 1.00. The van der Waals surface area contributed by atoms with Crippen LogP contribution in [-0.4, -0.2) is 48.3 Å². The smallest absolute Gasteiger partial charge is 0.163 e. The molecule has 6 heteroatoms. The van der Waals surface area contributed by atoms with Crippen molar-refractivity contribution in [2.24, 2.45) is 0 Å². The van der Waals surface area contributed by atoms with E-state index in [-0.39, 0.29) is 6.04 Å². The first-order chi connectivity index (χ1) is 6.75. The van der Waals surface area contributed by atoms with E-state index in [0.717, 1.165) is 19.4 Å². The van der Waals surface area contributed by atoms with Crippen molar-refractivity contribution in [1.82, 2.24) is 5.06 Å². The monoisotopic (exact) mass is 235 g/mol. The molecule has 3 rings (SSSR count). The molecule has 0 saturated carbocycles. The number of fused-ring (bicyclic) bond motifs is 2. The largest absolute Gasteiger partial charge is 0.296 e. The minimum absolute atomic E-state index is 0.145. The van der Waals surface area contributed by atoms with E-state index in [4.69, 9.17) is 4.84 Å².